The van der Waals surface area contributed by atoms with E-state index in [1.54, 1.807) is 12.3 Å². The van der Waals surface area contributed by atoms with Crippen molar-refractivity contribution in [1.82, 2.24) is 4.90 Å². The minimum atomic E-state index is 0.117. The molecule has 4 nitrogen and oxygen atoms in total. The van der Waals surface area contributed by atoms with Crippen molar-refractivity contribution >= 4 is 5.91 Å². The van der Waals surface area contributed by atoms with E-state index in [1.807, 2.05) is 11.8 Å². The summed E-state index contributed by atoms with van der Waals surface area (Å²) in [5.74, 6) is 0.835. The van der Waals surface area contributed by atoms with Crippen LogP contribution in [0.25, 0.3) is 0 Å². The molecular weight excluding hydrogens is 254 g/mol. The molecule has 2 heterocycles. The van der Waals surface area contributed by atoms with E-state index in [1.165, 1.54) is 12.8 Å². The van der Waals surface area contributed by atoms with Crippen LogP contribution in [0.15, 0.2) is 16.7 Å². The smallest absolute Gasteiger partial charge is 0.257 e. The Kier molecular flexibility index (Phi) is 3.59. The summed E-state index contributed by atoms with van der Waals surface area (Å²) in [4.78, 5) is 14.4. The Morgan fingerprint density at radius 1 is 1.45 bits per heavy atom. The number of carbonyl (C=O) groups is 1. The van der Waals surface area contributed by atoms with Crippen molar-refractivity contribution in [1.29, 1.82) is 0 Å². The van der Waals surface area contributed by atoms with E-state index in [-0.39, 0.29) is 5.91 Å². The Morgan fingerprint density at radius 3 is 2.70 bits per heavy atom. The molecule has 0 N–H and O–H groups in total. The van der Waals surface area contributed by atoms with Gasteiger partial charge in [-0.05, 0) is 51.0 Å². The molecule has 1 amide bonds. The van der Waals surface area contributed by atoms with Crippen LogP contribution in [0.2, 0.25) is 0 Å². The van der Waals surface area contributed by atoms with Gasteiger partial charge < -0.3 is 14.1 Å². The zero-order chi connectivity index (χ0) is 14.2. The van der Waals surface area contributed by atoms with E-state index in [0.29, 0.717) is 17.1 Å². The van der Waals surface area contributed by atoms with Gasteiger partial charge in [0.05, 0.1) is 17.9 Å². The number of piperidine rings is 1. The summed E-state index contributed by atoms with van der Waals surface area (Å²) in [6.45, 7) is 6.44. The lowest BCUT2D eigenvalue weighted by Gasteiger charge is -2.51. The summed E-state index contributed by atoms with van der Waals surface area (Å²) in [6, 6.07) is 1.77. The maximum atomic E-state index is 12.4. The molecule has 0 unspecified atom stereocenters. The number of hydrogen-bond acceptors (Lipinski definition) is 3. The van der Waals surface area contributed by atoms with E-state index in [9.17, 15) is 4.79 Å². The van der Waals surface area contributed by atoms with Crippen molar-refractivity contribution in [2.24, 2.45) is 5.41 Å². The molecule has 0 bridgehead atoms. The topological polar surface area (TPSA) is 42.7 Å². The first-order valence-corrected chi connectivity index (χ1v) is 7.58. The van der Waals surface area contributed by atoms with Crippen LogP contribution in [0.4, 0.5) is 0 Å². The van der Waals surface area contributed by atoms with Gasteiger partial charge in [0.1, 0.15) is 5.76 Å². The van der Waals surface area contributed by atoms with Crippen molar-refractivity contribution < 1.29 is 13.9 Å². The molecule has 0 atom stereocenters. The van der Waals surface area contributed by atoms with Crippen LogP contribution in [-0.2, 0) is 4.74 Å². The van der Waals surface area contributed by atoms with E-state index in [4.69, 9.17) is 9.15 Å². The van der Waals surface area contributed by atoms with Gasteiger partial charge in [0.25, 0.3) is 5.91 Å². The second kappa shape index (κ2) is 5.24. The van der Waals surface area contributed by atoms with Gasteiger partial charge in [-0.15, -0.1) is 0 Å². The molecule has 1 aliphatic heterocycles. The highest BCUT2D eigenvalue weighted by molar-refractivity contribution is 5.95. The minimum Gasteiger partial charge on any atom is -0.469 e. The van der Waals surface area contributed by atoms with E-state index >= 15 is 0 Å². The quantitative estimate of drug-likeness (QED) is 0.853. The van der Waals surface area contributed by atoms with Crippen LogP contribution in [0, 0.1) is 12.3 Å². The van der Waals surface area contributed by atoms with Gasteiger partial charge in [0, 0.05) is 19.7 Å². The summed E-state index contributed by atoms with van der Waals surface area (Å²) in [7, 11) is 0. The molecule has 0 radical (unpaired) electrons. The molecule has 1 aromatic heterocycles. The number of aryl methyl sites for hydroxylation is 1. The Balaban J connectivity index is 1.55. The second-order valence-corrected chi connectivity index (χ2v) is 6.17. The van der Waals surface area contributed by atoms with Crippen molar-refractivity contribution in [2.75, 3.05) is 19.7 Å². The van der Waals surface area contributed by atoms with E-state index < -0.39 is 0 Å². The van der Waals surface area contributed by atoms with Crippen LogP contribution in [0.3, 0.4) is 0 Å². The predicted molar refractivity (Wildman–Crippen MR) is 75.7 cm³/mol. The Morgan fingerprint density at radius 2 is 2.15 bits per heavy atom. The van der Waals surface area contributed by atoms with Crippen LogP contribution in [0.5, 0.6) is 0 Å². The molecule has 1 aliphatic carbocycles. The summed E-state index contributed by atoms with van der Waals surface area (Å²) >= 11 is 0. The highest BCUT2D eigenvalue weighted by Gasteiger charge is 2.46. The van der Waals surface area contributed by atoms with Gasteiger partial charge >= 0.3 is 0 Å². The van der Waals surface area contributed by atoms with Gasteiger partial charge in [-0.3, -0.25) is 4.79 Å². The summed E-state index contributed by atoms with van der Waals surface area (Å²) in [6.07, 6.45) is 6.62. The number of hydrogen-bond donors (Lipinski definition) is 0. The number of rotatable bonds is 3. The van der Waals surface area contributed by atoms with Gasteiger partial charge in [0.15, 0.2) is 0 Å². The van der Waals surface area contributed by atoms with Crippen molar-refractivity contribution in [3.05, 3.63) is 23.7 Å². The molecule has 20 heavy (non-hydrogen) atoms. The van der Waals surface area contributed by atoms with Crippen molar-refractivity contribution in [3.63, 3.8) is 0 Å². The number of furan rings is 1. The monoisotopic (exact) mass is 277 g/mol. The SMILES string of the molecule is CCOC1CC2(CCN(C(=O)c3ccoc3C)CC2)C1. The molecule has 110 valence electrons. The lowest BCUT2D eigenvalue weighted by atomic mass is 9.61. The average Bonchev–Trinajstić information content (AvgIpc) is 2.83. The Labute approximate surface area is 120 Å². The number of carbonyl (C=O) groups excluding carboxylic acids is 1. The maximum Gasteiger partial charge on any atom is 0.257 e. The first-order chi connectivity index (χ1) is 9.63. The molecule has 2 aliphatic rings. The average molecular weight is 277 g/mol. The van der Waals surface area contributed by atoms with Crippen LogP contribution in [-0.4, -0.2) is 36.6 Å². The summed E-state index contributed by atoms with van der Waals surface area (Å²) < 4.78 is 10.9. The van der Waals surface area contributed by atoms with E-state index in [0.717, 1.165) is 38.3 Å². The third-order valence-corrected chi connectivity index (χ3v) is 4.92. The predicted octanol–water partition coefficient (Wildman–Crippen LogP) is 3.01. The lowest BCUT2D eigenvalue weighted by molar-refractivity contribution is -0.0980. The Bertz CT molecular complexity index is 478. The van der Waals surface area contributed by atoms with Gasteiger partial charge in [-0.1, -0.05) is 0 Å². The molecule has 2 fully saturated rings. The highest BCUT2D eigenvalue weighted by atomic mass is 16.5. The maximum absolute atomic E-state index is 12.4. The van der Waals surface area contributed by atoms with Crippen molar-refractivity contribution in [2.45, 2.75) is 45.6 Å². The zero-order valence-corrected chi connectivity index (χ0v) is 12.4. The standard InChI is InChI=1S/C16H23NO3/c1-3-19-13-10-16(11-13)5-7-17(8-6-16)15(18)14-4-9-20-12(14)2/h4,9,13H,3,5-8,10-11H2,1-2H3. The molecule has 4 heteroatoms. The summed E-state index contributed by atoms with van der Waals surface area (Å²) in [5.41, 5.74) is 1.16. The second-order valence-electron chi connectivity index (χ2n) is 6.17. The van der Waals surface area contributed by atoms with Crippen LogP contribution >= 0.6 is 0 Å². The minimum absolute atomic E-state index is 0.117. The summed E-state index contributed by atoms with van der Waals surface area (Å²) in [5, 5.41) is 0. The number of nitrogens with zero attached hydrogens (tertiary/aromatic N) is 1. The first kappa shape index (κ1) is 13.7. The van der Waals surface area contributed by atoms with Gasteiger partial charge in [-0.2, -0.15) is 0 Å². The lowest BCUT2D eigenvalue weighted by Crippen LogP contribution is -2.51. The molecule has 1 saturated heterocycles. The highest BCUT2D eigenvalue weighted by Crippen LogP contribution is 2.50. The number of likely N-dealkylation sites (tertiary alicyclic amines) is 1. The molecule has 1 aromatic rings. The molecular formula is C16H23NO3. The molecule has 3 rings (SSSR count). The first-order valence-electron chi connectivity index (χ1n) is 7.58. The fraction of sp³-hybridized carbons (Fsp3) is 0.688. The fourth-order valence-electron chi connectivity index (χ4n) is 3.63. The molecule has 1 saturated carbocycles. The third-order valence-electron chi connectivity index (χ3n) is 4.92. The van der Waals surface area contributed by atoms with Crippen LogP contribution < -0.4 is 0 Å². The van der Waals surface area contributed by atoms with Gasteiger partial charge in [0.2, 0.25) is 0 Å². The molecule has 1 spiro atoms. The third kappa shape index (κ3) is 2.37. The number of amides is 1. The van der Waals surface area contributed by atoms with E-state index in [2.05, 4.69) is 6.92 Å². The Hall–Kier alpha value is -1.29. The normalized spacial score (nSPS) is 22.0. The molecule has 0 aromatic carbocycles. The van der Waals surface area contributed by atoms with Crippen LogP contribution in [0.1, 0.15) is 48.7 Å². The van der Waals surface area contributed by atoms with Gasteiger partial charge in [-0.25, -0.2) is 0 Å². The zero-order valence-electron chi connectivity index (χ0n) is 12.4. The number of ether oxygens (including phenoxy) is 1. The largest absolute Gasteiger partial charge is 0.469 e. The van der Waals surface area contributed by atoms with Crippen molar-refractivity contribution in [3.8, 4) is 0 Å². The fourth-order valence-corrected chi connectivity index (χ4v) is 3.63.